The van der Waals surface area contributed by atoms with Crippen molar-refractivity contribution < 1.29 is 9.53 Å². The van der Waals surface area contributed by atoms with Crippen molar-refractivity contribution in [3.63, 3.8) is 0 Å². The monoisotopic (exact) mass is 307 g/mol. The number of nitriles is 1. The third kappa shape index (κ3) is 2.90. The molecule has 7 heteroatoms. The highest BCUT2D eigenvalue weighted by Gasteiger charge is 2.16. The predicted octanol–water partition coefficient (Wildman–Crippen LogP) is 3.51. The predicted molar refractivity (Wildman–Crippen MR) is 77.6 cm³/mol. The second-order valence-electron chi connectivity index (χ2n) is 3.85. The van der Waals surface area contributed by atoms with Gasteiger partial charge in [0.05, 0.1) is 29.5 Å². The van der Waals surface area contributed by atoms with Crippen LogP contribution in [0.25, 0.3) is 0 Å². The molecule has 0 aliphatic carbocycles. The smallest absolute Gasteiger partial charge is 0.357 e. The molecule has 0 saturated heterocycles. The average Bonchev–Trinajstić information content (AvgIpc) is 2.81. The first-order valence-electron chi connectivity index (χ1n) is 5.57. The van der Waals surface area contributed by atoms with E-state index in [1.165, 1.54) is 18.4 Å². The summed E-state index contributed by atoms with van der Waals surface area (Å²) in [5.74, 6) is -0.474. The van der Waals surface area contributed by atoms with E-state index in [1.807, 2.05) is 6.07 Å². The molecule has 20 heavy (non-hydrogen) atoms. The zero-order valence-electron chi connectivity index (χ0n) is 10.7. The number of carbonyl (C=O) groups excluding carboxylic acids is 1. The van der Waals surface area contributed by atoms with Crippen LogP contribution < -0.4 is 5.32 Å². The summed E-state index contributed by atoms with van der Waals surface area (Å²) < 4.78 is 4.65. The SMILES string of the molecule is COC(=O)c1nc(Nc2ccc(C#N)cc2Cl)sc1C. The minimum atomic E-state index is -0.474. The maximum Gasteiger partial charge on any atom is 0.357 e. The Morgan fingerprint density at radius 3 is 2.90 bits per heavy atom. The van der Waals surface area contributed by atoms with E-state index in [9.17, 15) is 4.79 Å². The molecule has 1 aromatic carbocycles. The Morgan fingerprint density at radius 2 is 2.30 bits per heavy atom. The van der Waals surface area contributed by atoms with Crippen molar-refractivity contribution in [2.45, 2.75) is 6.92 Å². The first-order valence-corrected chi connectivity index (χ1v) is 6.77. The standard InChI is InChI=1S/C13H10ClN3O2S/c1-7-11(12(18)19-2)17-13(20-7)16-10-4-3-8(6-15)5-9(10)14/h3-5H,1-2H3,(H,16,17). The maximum atomic E-state index is 11.5. The highest BCUT2D eigenvalue weighted by atomic mass is 35.5. The molecule has 0 spiro atoms. The van der Waals surface area contributed by atoms with Crippen molar-refractivity contribution in [2.24, 2.45) is 0 Å². The fraction of sp³-hybridized carbons (Fsp3) is 0.154. The van der Waals surface area contributed by atoms with Gasteiger partial charge in [-0.3, -0.25) is 0 Å². The molecule has 0 fully saturated rings. The summed E-state index contributed by atoms with van der Waals surface area (Å²) in [6.07, 6.45) is 0. The number of esters is 1. The molecule has 0 saturated carbocycles. The fourth-order valence-corrected chi connectivity index (χ4v) is 2.58. The molecule has 1 N–H and O–H groups in total. The third-order valence-electron chi connectivity index (χ3n) is 2.52. The molecular weight excluding hydrogens is 298 g/mol. The van der Waals surface area contributed by atoms with Crippen LogP contribution in [0.2, 0.25) is 5.02 Å². The number of aromatic nitrogens is 1. The first-order chi connectivity index (χ1) is 9.55. The Labute approximate surface area is 124 Å². The van der Waals surface area contributed by atoms with Gasteiger partial charge < -0.3 is 10.1 Å². The number of rotatable bonds is 3. The zero-order valence-corrected chi connectivity index (χ0v) is 12.3. The Kier molecular flexibility index (Phi) is 4.23. The number of ether oxygens (including phenoxy) is 1. The van der Waals surface area contributed by atoms with E-state index in [0.29, 0.717) is 21.4 Å². The number of methoxy groups -OCH3 is 1. The second-order valence-corrected chi connectivity index (χ2v) is 5.46. The van der Waals surface area contributed by atoms with Gasteiger partial charge in [0.2, 0.25) is 0 Å². The van der Waals surface area contributed by atoms with Crippen LogP contribution in [0, 0.1) is 18.3 Å². The maximum absolute atomic E-state index is 11.5. The molecule has 102 valence electrons. The van der Waals surface area contributed by atoms with Gasteiger partial charge in [0.1, 0.15) is 0 Å². The first kappa shape index (κ1) is 14.3. The van der Waals surface area contributed by atoms with E-state index >= 15 is 0 Å². The molecule has 0 aliphatic heterocycles. The van der Waals surface area contributed by atoms with Crippen molar-refractivity contribution in [3.8, 4) is 6.07 Å². The van der Waals surface area contributed by atoms with E-state index in [4.69, 9.17) is 16.9 Å². The number of nitrogens with zero attached hydrogens (tertiary/aromatic N) is 2. The van der Waals surface area contributed by atoms with Crippen molar-refractivity contribution in [2.75, 3.05) is 12.4 Å². The molecule has 1 aromatic heterocycles. The van der Waals surface area contributed by atoms with E-state index in [2.05, 4.69) is 15.0 Å². The van der Waals surface area contributed by atoms with Crippen molar-refractivity contribution >= 4 is 39.7 Å². The quantitative estimate of drug-likeness (QED) is 0.878. The van der Waals surface area contributed by atoms with Gasteiger partial charge in [-0.2, -0.15) is 5.26 Å². The second kappa shape index (κ2) is 5.90. The van der Waals surface area contributed by atoms with Gasteiger partial charge >= 0.3 is 5.97 Å². The van der Waals surface area contributed by atoms with Crippen LogP contribution in [0.1, 0.15) is 20.9 Å². The zero-order chi connectivity index (χ0) is 14.7. The lowest BCUT2D eigenvalue weighted by molar-refractivity contribution is 0.0594. The number of halogens is 1. The molecule has 0 aliphatic rings. The topological polar surface area (TPSA) is 75.0 Å². The molecule has 1 heterocycles. The van der Waals surface area contributed by atoms with Gasteiger partial charge in [-0.05, 0) is 25.1 Å². The summed E-state index contributed by atoms with van der Waals surface area (Å²) in [4.78, 5) is 16.4. The van der Waals surface area contributed by atoms with Gasteiger partial charge in [-0.1, -0.05) is 11.6 Å². The van der Waals surface area contributed by atoms with E-state index < -0.39 is 5.97 Å². The highest BCUT2D eigenvalue weighted by molar-refractivity contribution is 7.15. The number of hydrogen-bond acceptors (Lipinski definition) is 6. The molecule has 0 radical (unpaired) electrons. The van der Waals surface area contributed by atoms with Crippen LogP contribution in [0.15, 0.2) is 18.2 Å². The number of benzene rings is 1. The molecule has 0 unspecified atom stereocenters. The Balaban J connectivity index is 2.27. The molecule has 2 rings (SSSR count). The van der Waals surface area contributed by atoms with Gasteiger partial charge in [0, 0.05) is 4.88 Å². The van der Waals surface area contributed by atoms with Crippen molar-refractivity contribution in [1.29, 1.82) is 5.26 Å². The summed E-state index contributed by atoms with van der Waals surface area (Å²) in [6.45, 7) is 1.79. The van der Waals surface area contributed by atoms with Crippen LogP contribution in [0.5, 0.6) is 0 Å². The van der Waals surface area contributed by atoms with E-state index in [-0.39, 0.29) is 5.69 Å². The molecule has 0 bridgehead atoms. The van der Waals surface area contributed by atoms with Crippen LogP contribution in [-0.4, -0.2) is 18.1 Å². The van der Waals surface area contributed by atoms with Gasteiger partial charge in [-0.25, -0.2) is 9.78 Å². The Hall–Kier alpha value is -2.10. The van der Waals surface area contributed by atoms with Crippen LogP contribution in [0.4, 0.5) is 10.8 Å². The summed E-state index contributed by atoms with van der Waals surface area (Å²) in [5.41, 5.74) is 1.38. The molecule has 5 nitrogen and oxygen atoms in total. The number of anilines is 2. The largest absolute Gasteiger partial charge is 0.464 e. The third-order valence-corrected chi connectivity index (χ3v) is 3.71. The van der Waals surface area contributed by atoms with Gasteiger partial charge in [0.15, 0.2) is 10.8 Å². The van der Waals surface area contributed by atoms with E-state index in [0.717, 1.165) is 4.88 Å². The Bertz CT molecular complexity index is 706. The lowest BCUT2D eigenvalue weighted by Gasteiger charge is -2.04. The average molecular weight is 308 g/mol. The number of carbonyl (C=O) groups is 1. The minimum Gasteiger partial charge on any atom is -0.464 e. The summed E-state index contributed by atoms with van der Waals surface area (Å²) in [5, 5.41) is 12.8. The molecular formula is C13H10ClN3O2S. The highest BCUT2D eigenvalue weighted by Crippen LogP contribution is 2.30. The molecule has 0 amide bonds. The molecule has 0 atom stereocenters. The van der Waals surface area contributed by atoms with Crippen LogP contribution in [0.3, 0.4) is 0 Å². The minimum absolute atomic E-state index is 0.282. The number of aryl methyl sites for hydroxylation is 1. The van der Waals surface area contributed by atoms with Crippen molar-refractivity contribution in [1.82, 2.24) is 4.98 Å². The number of nitrogens with one attached hydrogen (secondary N) is 1. The van der Waals surface area contributed by atoms with Gasteiger partial charge in [-0.15, -0.1) is 11.3 Å². The summed E-state index contributed by atoms with van der Waals surface area (Å²) in [6, 6.07) is 6.91. The molecule has 2 aromatic rings. The van der Waals surface area contributed by atoms with Gasteiger partial charge in [0.25, 0.3) is 0 Å². The van der Waals surface area contributed by atoms with Crippen LogP contribution in [-0.2, 0) is 4.74 Å². The van der Waals surface area contributed by atoms with Crippen molar-refractivity contribution in [3.05, 3.63) is 39.4 Å². The lowest BCUT2D eigenvalue weighted by Crippen LogP contribution is -2.03. The summed E-state index contributed by atoms with van der Waals surface area (Å²) in [7, 11) is 1.31. The van der Waals surface area contributed by atoms with Crippen LogP contribution >= 0.6 is 22.9 Å². The summed E-state index contributed by atoms with van der Waals surface area (Å²) >= 11 is 7.39. The fourth-order valence-electron chi connectivity index (χ4n) is 1.54. The number of thiazole rings is 1. The normalized spacial score (nSPS) is 9.90. The Morgan fingerprint density at radius 1 is 1.55 bits per heavy atom. The van der Waals surface area contributed by atoms with E-state index in [1.54, 1.807) is 25.1 Å². The number of hydrogen-bond donors (Lipinski definition) is 1. The lowest BCUT2D eigenvalue weighted by atomic mass is 10.2.